The number of tetrazole rings is 1. The summed E-state index contributed by atoms with van der Waals surface area (Å²) < 4.78 is 1.86. The van der Waals surface area contributed by atoms with E-state index < -0.39 is 0 Å². The highest BCUT2D eigenvalue weighted by Crippen LogP contribution is 2.37. The summed E-state index contributed by atoms with van der Waals surface area (Å²) in [5.41, 5.74) is 1.35. The zero-order valence-corrected chi connectivity index (χ0v) is 16.4. The molecule has 144 valence electrons. The Balaban J connectivity index is 1.22. The lowest BCUT2D eigenvalue weighted by molar-refractivity contribution is -0.121. The SMILES string of the molecule is CC(Sc1nnnn1C1CC1)C(=O)NC1CCN(Cc2ccccc2)CC1. The minimum atomic E-state index is -0.198. The van der Waals surface area contributed by atoms with Gasteiger partial charge in [-0.05, 0) is 48.6 Å². The van der Waals surface area contributed by atoms with Crippen molar-refractivity contribution in [3.8, 4) is 0 Å². The van der Waals surface area contributed by atoms with Gasteiger partial charge in [0.2, 0.25) is 11.1 Å². The van der Waals surface area contributed by atoms with Crippen LogP contribution in [-0.4, -0.2) is 55.4 Å². The van der Waals surface area contributed by atoms with Gasteiger partial charge >= 0.3 is 0 Å². The number of thioether (sulfide) groups is 1. The molecule has 1 aliphatic heterocycles. The van der Waals surface area contributed by atoms with E-state index in [1.807, 2.05) is 17.7 Å². The third kappa shape index (κ3) is 4.87. The highest BCUT2D eigenvalue weighted by molar-refractivity contribution is 8.00. The van der Waals surface area contributed by atoms with Crippen molar-refractivity contribution in [2.24, 2.45) is 0 Å². The maximum absolute atomic E-state index is 12.6. The van der Waals surface area contributed by atoms with E-state index in [0.29, 0.717) is 6.04 Å². The molecule has 1 unspecified atom stereocenters. The summed E-state index contributed by atoms with van der Waals surface area (Å²) in [6, 6.07) is 11.2. The molecule has 0 bridgehead atoms. The van der Waals surface area contributed by atoms with Crippen LogP contribution >= 0.6 is 11.8 Å². The van der Waals surface area contributed by atoms with Crippen molar-refractivity contribution >= 4 is 17.7 Å². The number of hydrogen-bond acceptors (Lipinski definition) is 6. The minimum Gasteiger partial charge on any atom is -0.352 e. The Kier molecular flexibility index (Phi) is 5.73. The lowest BCUT2D eigenvalue weighted by Gasteiger charge is -2.32. The number of hydrogen-bond donors (Lipinski definition) is 1. The number of nitrogens with one attached hydrogen (secondary N) is 1. The normalized spacial score (nSPS) is 19.7. The summed E-state index contributed by atoms with van der Waals surface area (Å²) in [6.45, 7) is 4.94. The highest BCUT2D eigenvalue weighted by Gasteiger charge is 2.30. The van der Waals surface area contributed by atoms with Crippen LogP contribution in [0, 0.1) is 0 Å². The van der Waals surface area contributed by atoms with Gasteiger partial charge < -0.3 is 5.32 Å². The number of aromatic nitrogens is 4. The molecule has 2 aliphatic rings. The fourth-order valence-corrected chi connectivity index (χ4v) is 4.29. The molecular weight excluding hydrogens is 360 g/mol. The van der Waals surface area contributed by atoms with Gasteiger partial charge in [0, 0.05) is 25.7 Å². The molecule has 2 fully saturated rings. The summed E-state index contributed by atoms with van der Waals surface area (Å²) in [6.07, 6.45) is 4.24. The maximum atomic E-state index is 12.6. The first-order valence-corrected chi connectivity index (χ1v) is 10.6. The molecule has 1 atom stereocenters. The topological polar surface area (TPSA) is 75.9 Å². The van der Waals surface area contributed by atoms with Crippen molar-refractivity contribution in [2.45, 2.75) is 61.6 Å². The Morgan fingerprint density at radius 1 is 1.22 bits per heavy atom. The molecular formula is C19H26N6OS. The first-order chi connectivity index (χ1) is 13.2. The lowest BCUT2D eigenvalue weighted by Crippen LogP contribution is -2.46. The average Bonchev–Trinajstić information content (AvgIpc) is 3.43. The lowest BCUT2D eigenvalue weighted by atomic mass is 10.0. The third-order valence-corrected chi connectivity index (χ3v) is 6.24. The molecule has 7 nitrogen and oxygen atoms in total. The summed E-state index contributed by atoms with van der Waals surface area (Å²) in [5, 5.41) is 15.6. The van der Waals surface area contributed by atoms with Gasteiger partial charge in [-0.1, -0.05) is 42.1 Å². The quantitative estimate of drug-likeness (QED) is 0.736. The number of likely N-dealkylation sites (tertiary alicyclic amines) is 1. The molecule has 1 N–H and O–H groups in total. The number of nitrogens with zero attached hydrogens (tertiary/aromatic N) is 5. The summed E-state index contributed by atoms with van der Waals surface area (Å²) in [5.74, 6) is 0.0758. The molecule has 1 amide bonds. The molecule has 0 radical (unpaired) electrons. The second-order valence-electron chi connectivity index (χ2n) is 7.44. The number of rotatable bonds is 7. The van der Waals surface area contributed by atoms with Crippen LogP contribution < -0.4 is 5.32 Å². The second-order valence-corrected chi connectivity index (χ2v) is 8.75. The summed E-state index contributed by atoms with van der Waals surface area (Å²) >= 11 is 1.45. The predicted octanol–water partition coefficient (Wildman–Crippen LogP) is 2.27. The third-order valence-electron chi connectivity index (χ3n) is 5.19. The average molecular weight is 387 g/mol. The summed E-state index contributed by atoms with van der Waals surface area (Å²) in [4.78, 5) is 15.0. The maximum Gasteiger partial charge on any atom is 0.233 e. The first-order valence-electron chi connectivity index (χ1n) is 9.70. The van der Waals surface area contributed by atoms with Gasteiger partial charge in [0.15, 0.2) is 0 Å². The molecule has 1 saturated carbocycles. The summed E-state index contributed by atoms with van der Waals surface area (Å²) in [7, 11) is 0. The van der Waals surface area contributed by atoms with Crippen molar-refractivity contribution in [3.05, 3.63) is 35.9 Å². The van der Waals surface area contributed by atoms with Crippen molar-refractivity contribution < 1.29 is 4.79 Å². The van der Waals surface area contributed by atoms with Gasteiger partial charge in [0.25, 0.3) is 0 Å². The van der Waals surface area contributed by atoms with Gasteiger partial charge in [-0.25, -0.2) is 4.68 Å². The molecule has 2 heterocycles. The molecule has 4 rings (SSSR count). The van der Waals surface area contributed by atoms with Crippen LogP contribution in [0.15, 0.2) is 35.5 Å². The van der Waals surface area contributed by atoms with Crippen LogP contribution in [-0.2, 0) is 11.3 Å². The molecule has 1 saturated heterocycles. The van der Waals surface area contributed by atoms with E-state index >= 15 is 0 Å². The molecule has 1 aromatic heterocycles. The number of amides is 1. The molecule has 0 spiro atoms. The molecule has 8 heteroatoms. The molecule has 1 aromatic carbocycles. The Bertz CT molecular complexity index is 755. The van der Waals surface area contributed by atoms with Gasteiger partial charge in [-0.15, -0.1) is 5.10 Å². The van der Waals surface area contributed by atoms with E-state index in [1.165, 1.54) is 17.3 Å². The van der Waals surface area contributed by atoms with E-state index in [-0.39, 0.29) is 17.2 Å². The first kappa shape index (κ1) is 18.4. The van der Waals surface area contributed by atoms with E-state index in [0.717, 1.165) is 50.5 Å². The Labute approximate surface area is 163 Å². The van der Waals surface area contributed by atoms with E-state index in [2.05, 4.69) is 50.0 Å². The Morgan fingerprint density at radius 3 is 2.67 bits per heavy atom. The number of carbonyl (C=O) groups is 1. The van der Waals surface area contributed by atoms with E-state index in [1.54, 1.807) is 0 Å². The number of benzene rings is 1. The monoisotopic (exact) mass is 386 g/mol. The van der Waals surface area contributed by atoms with Crippen molar-refractivity contribution in [2.75, 3.05) is 13.1 Å². The number of piperidine rings is 1. The van der Waals surface area contributed by atoms with Gasteiger partial charge in [0.1, 0.15) is 0 Å². The zero-order chi connectivity index (χ0) is 18.6. The van der Waals surface area contributed by atoms with E-state index in [4.69, 9.17) is 0 Å². The van der Waals surface area contributed by atoms with Crippen LogP contribution in [0.25, 0.3) is 0 Å². The van der Waals surface area contributed by atoms with E-state index in [9.17, 15) is 4.79 Å². The molecule has 27 heavy (non-hydrogen) atoms. The smallest absolute Gasteiger partial charge is 0.233 e. The number of carbonyl (C=O) groups excluding carboxylic acids is 1. The van der Waals surface area contributed by atoms with Crippen molar-refractivity contribution in [1.29, 1.82) is 0 Å². The van der Waals surface area contributed by atoms with Crippen LogP contribution in [0.4, 0.5) is 0 Å². The van der Waals surface area contributed by atoms with Gasteiger partial charge in [-0.2, -0.15) is 0 Å². The van der Waals surface area contributed by atoms with Crippen LogP contribution in [0.3, 0.4) is 0 Å². The van der Waals surface area contributed by atoms with Crippen molar-refractivity contribution in [3.63, 3.8) is 0 Å². The molecule has 1 aliphatic carbocycles. The minimum absolute atomic E-state index is 0.0758. The fourth-order valence-electron chi connectivity index (χ4n) is 3.42. The van der Waals surface area contributed by atoms with Crippen LogP contribution in [0.1, 0.15) is 44.2 Å². The highest BCUT2D eigenvalue weighted by atomic mass is 32.2. The van der Waals surface area contributed by atoms with Crippen LogP contribution in [0.2, 0.25) is 0 Å². The standard InChI is InChI=1S/C19H26N6OS/c1-14(27-19-21-22-23-25(19)17-7-8-17)18(26)20-16-9-11-24(12-10-16)13-15-5-3-2-4-6-15/h2-6,14,16-17H,7-13H2,1H3,(H,20,26). The largest absolute Gasteiger partial charge is 0.352 e. The Morgan fingerprint density at radius 2 is 1.96 bits per heavy atom. The molecule has 2 aromatic rings. The van der Waals surface area contributed by atoms with Crippen molar-refractivity contribution in [1.82, 2.24) is 30.4 Å². The second kappa shape index (κ2) is 8.39. The fraction of sp³-hybridized carbons (Fsp3) is 0.579. The Hall–Kier alpha value is -1.93. The van der Waals surface area contributed by atoms with Gasteiger partial charge in [-0.3, -0.25) is 9.69 Å². The van der Waals surface area contributed by atoms with Crippen LogP contribution in [0.5, 0.6) is 0 Å². The predicted molar refractivity (Wildman–Crippen MR) is 104 cm³/mol. The van der Waals surface area contributed by atoms with Gasteiger partial charge in [0.05, 0.1) is 11.3 Å². The zero-order valence-electron chi connectivity index (χ0n) is 15.6.